The first-order valence-electron chi connectivity index (χ1n) is 12.0. The number of hydrogen-bond acceptors (Lipinski definition) is 6. The molecule has 0 aliphatic carbocycles. The molecule has 3 aliphatic heterocycles. The molecule has 5 rings (SSSR count). The number of nitrogens with zero attached hydrogens (tertiary/aromatic N) is 3. The molecule has 2 amide bonds. The maximum Gasteiger partial charge on any atom is 0.373 e. The van der Waals surface area contributed by atoms with Crippen molar-refractivity contribution in [1.82, 2.24) is 14.7 Å². The van der Waals surface area contributed by atoms with E-state index in [1.165, 1.54) is 34.2 Å². The van der Waals surface area contributed by atoms with Gasteiger partial charge in [-0.05, 0) is 35.7 Å². The highest BCUT2D eigenvalue weighted by atomic mass is 19.3. The minimum absolute atomic E-state index is 0.0384. The van der Waals surface area contributed by atoms with Crippen LogP contribution in [0.1, 0.15) is 31.8 Å². The van der Waals surface area contributed by atoms with Gasteiger partial charge in [0.05, 0.1) is 31.8 Å². The quantitative estimate of drug-likeness (QED) is 0.628. The van der Waals surface area contributed by atoms with E-state index < -0.39 is 18.6 Å². The molecule has 2 aromatic rings. The summed E-state index contributed by atoms with van der Waals surface area (Å²) in [5.41, 5.74) is 2.90. The van der Waals surface area contributed by atoms with E-state index >= 15 is 0 Å². The number of benzene rings is 2. The number of amides is 2. The Morgan fingerprint density at radius 2 is 1.78 bits per heavy atom. The number of Topliss-reactive ketones (excluding diaryl/α,β-unsaturated/α-hetero) is 1. The summed E-state index contributed by atoms with van der Waals surface area (Å²) < 4.78 is 37.2. The van der Waals surface area contributed by atoms with E-state index in [1.54, 1.807) is 0 Å². The van der Waals surface area contributed by atoms with Crippen LogP contribution in [0.3, 0.4) is 0 Å². The Kier molecular flexibility index (Phi) is 6.72. The van der Waals surface area contributed by atoms with Crippen LogP contribution in [0.25, 0.3) is 0 Å². The Bertz CT molecular complexity index is 1190. The topological polar surface area (TPSA) is 79.4 Å². The first-order chi connectivity index (χ1) is 17.3. The Hall–Kier alpha value is -3.37. The first kappa shape index (κ1) is 24.3. The fraction of sp³-hybridized carbons (Fsp3) is 0.423. The lowest BCUT2D eigenvalue weighted by atomic mass is 10.00. The maximum absolute atomic E-state index is 13.5. The molecule has 8 nitrogen and oxygen atoms in total. The Labute approximate surface area is 207 Å². The highest BCUT2D eigenvalue weighted by Gasteiger charge is 2.39. The van der Waals surface area contributed by atoms with Crippen molar-refractivity contribution in [3.63, 3.8) is 0 Å². The van der Waals surface area contributed by atoms with Crippen LogP contribution in [0.2, 0.25) is 0 Å². The van der Waals surface area contributed by atoms with E-state index in [9.17, 15) is 23.2 Å². The van der Waals surface area contributed by atoms with Crippen LogP contribution >= 0.6 is 0 Å². The molecule has 0 radical (unpaired) electrons. The average molecular weight is 500 g/mol. The predicted octanol–water partition coefficient (Wildman–Crippen LogP) is 2.21. The number of hydrogen-bond donors (Lipinski definition) is 0. The van der Waals surface area contributed by atoms with Gasteiger partial charge in [0.25, 0.3) is 11.8 Å². The summed E-state index contributed by atoms with van der Waals surface area (Å²) >= 11 is 0. The molecule has 0 bridgehead atoms. The van der Waals surface area contributed by atoms with Gasteiger partial charge in [0.15, 0.2) is 5.78 Å². The summed E-state index contributed by atoms with van der Waals surface area (Å²) in [5.74, 6) is -0.812. The Morgan fingerprint density at radius 1 is 0.972 bits per heavy atom. The standard InChI is InChI=1S/C26H27F2N3O5/c27-26(28)17-31(10-12-36-26)24(33)19-5-6-22-23(13-19)35-11-9-30(25(22)34)16-21(32)15-29-8-7-18-3-1-2-4-20(18)14-29/h1-6,13H,7-12,14-17H2. The van der Waals surface area contributed by atoms with Crippen molar-refractivity contribution in [1.29, 1.82) is 0 Å². The maximum atomic E-state index is 13.5. The number of carbonyl (C=O) groups is 3. The number of halogens is 2. The van der Waals surface area contributed by atoms with Crippen molar-refractivity contribution in [3.05, 3.63) is 64.7 Å². The second-order valence-electron chi connectivity index (χ2n) is 9.27. The SMILES string of the molecule is O=C(CN1CCc2ccccc2C1)CN1CCOc2cc(C(=O)N3CCOC(F)(F)C3)ccc2C1=O. The molecule has 36 heavy (non-hydrogen) atoms. The van der Waals surface area contributed by atoms with Crippen molar-refractivity contribution in [2.24, 2.45) is 0 Å². The highest BCUT2D eigenvalue weighted by molar-refractivity contribution is 6.02. The Morgan fingerprint density at radius 3 is 2.58 bits per heavy atom. The van der Waals surface area contributed by atoms with Gasteiger partial charge < -0.3 is 19.3 Å². The molecule has 3 heterocycles. The molecule has 0 aromatic heterocycles. The third-order valence-corrected chi connectivity index (χ3v) is 6.68. The van der Waals surface area contributed by atoms with Gasteiger partial charge in [-0.2, -0.15) is 8.78 Å². The van der Waals surface area contributed by atoms with E-state index in [4.69, 9.17) is 4.74 Å². The van der Waals surface area contributed by atoms with E-state index in [2.05, 4.69) is 21.8 Å². The molecule has 0 spiro atoms. The number of fused-ring (bicyclic) bond motifs is 2. The summed E-state index contributed by atoms with van der Waals surface area (Å²) in [6.07, 6.45) is -2.51. The van der Waals surface area contributed by atoms with Gasteiger partial charge in [-0.3, -0.25) is 19.3 Å². The van der Waals surface area contributed by atoms with Crippen LogP contribution in [0.15, 0.2) is 42.5 Å². The summed E-state index contributed by atoms with van der Waals surface area (Å²) in [7, 11) is 0. The van der Waals surface area contributed by atoms with Crippen LogP contribution in [0.5, 0.6) is 5.75 Å². The second kappa shape index (κ2) is 9.94. The van der Waals surface area contributed by atoms with E-state index in [0.29, 0.717) is 6.54 Å². The van der Waals surface area contributed by atoms with Gasteiger partial charge in [0, 0.05) is 25.2 Å². The molecule has 0 unspecified atom stereocenters. The largest absolute Gasteiger partial charge is 0.491 e. The average Bonchev–Trinajstić information content (AvgIpc) is 3.01. The smallest absolute Gasteiger partial charge is 0.373 e. The van der Waals surface area contributed by atoms with Gasteiger partial charge in [-0.25, -0.2) is 0 Å². The zero-order valence-corrected chi connectivity index (χ0v) is 19.8. The fourth-order valence-corrected chi connectivity index (χ4v) is 4.85. The van der Waals surface area contributed by atoms with E-state index in [-0.39, 0.29) is 68.0 Å². The number of alkyl halides is 2. The van der Waals surface area contributed by atoms with Gasteiger partial charge in [-0.1, -0.05) is 24.3 Å². The lowest BCUT2D eigenvalue weighted by Crippen LogP contribution is -2.49. The molecule has 0 atom stereocenters. The molecule has 2 aromatic carbocycles. The van der Waals surface area contributed by atoms with E-state index in [0.717, 1.165) is 17.9 Å². The Balaban J connectivity index is 1.23. The van der Waals surface area contributed by atoms with Crippen molar-refractivity contribution >= 4 is 17.6 Å². The zero-order valence-electron chi connectivity index (χ0n) is 19.8. The molecular weight excluding hydrogens is 472 g/mol. The zero-order chi connectivity index (χ0) is 25.3. The van der Waals surface area contributed by atoms with Crippen molar-refractivity contribution < 1.29 is 32.6 Å². The molecule has 3 aliphatic rings. The van der Waals surface area contributed by atoms with Gasteiger partial charge in [0.2, 0.25) is 0 Å². The second-order valence-corrected chi connectivity index (χ2v) is 9.27. The summed E-state index contributed by atoms with van der Waals surface area (Å²) in [4.78, 5) is 43.3. The number of carbonyl (C=O) groups excluding carboxylic acids is 3. The minimum Gasteiger partial charge on any atom is -0.491 e. The minimum atomic E-state index is -3.39. The van der Waals surface area contributed by atoms with Crippen molar-refractivity contribution in [2.45, 2.75) is 19.1 Å². The fourth-order valence-electron chi connectivity index (χ4n) is 4.85. The van der Waals surface area contributed by atoms with Gasteiger partial charge in [0.1, 0.15) is 18.9 Å². The highest BCUT2D eigenvalue weighted by Crippen LogP contribution is 2.27. The molecule has 10 heteroatoms. The molecule has 0 N–H and O–H groups in total. The summed E-state index contributed by atoms with van der Waals surface area (Å²) in [5, 5.41) is 0. The molecule has 190 valence electrons. The van der Waals surface area contributed by atoms with Crippen LogP contribution in [0, 0.1) is 0 Å². The molecular formula is C26H27F2N3O5. The van der Waals surface area contributed by atoms with Crippen molar-refractivity contribution in [2.75, 3.05) is 52.5 Å². The molecule has 1 fully saturated rings. The van der Waals surface area contributed by atoms with Crippen molar-refractivity contribution in [3.8, 4) is 5.75 Å². The van der Waals surface area contributed by atoms with Crippen LogP contribution in [-0.2, 0) is 22.5 Å². The number of morpholine rings is 1. The summed E-state index contributed by atoms with van der Waals surface area (Å²) in [6, 6.07) is 12.5. The van der Waals surface area contributed by atoms with E-state index in [1.807, 2.05) is 12.1 Å². The lowest BCUT2D eigenvalue weighted by Gasteiger charge is -2.32. The number of ketones is 1. The third-order valence-electron chi connectivity index (χ3n) is 6.68. The number of rotatable bonds is 5. The summed E-state index contributed by atoms with van der Waals surface area (Å²) in [6.45, 7) is 1.03. The lowest BCUT2D eigenvalue weighted by molar-refractivity contribution is -0.263. The third kappa shape index (κ3) is 5.24. The molecule has 1 saturated heterocycles. The molecule has 0 saturated carbocycles. The van der Waals surface area contributed by atoms with Crippen LogP contribution in [-0.4, -0.2) is 90.9 Å². The first-order valence-corrected chi connectivity index (χ1v) is 12.0. The normalized spacial score (nSPS) is 19.7. The monoisotopic (exact) mass is 499 g/mol. The van der Waals surface area contributed by atoms with Crippen LogP contribution in [0.4, 0.5) is 8.78 Å². The number of ether oxygens (including phenoxy) is 2. The van der Waals surface area contributed by atoms with Crippen LogP contribution < -0.4 is 4.74 Å². The predicted molar refractivity (Wildman–Crippen MR) is 125 cm³/mol. The van der Waals surface area contributed by atoms with Gasteiger partial charge >= 0.3 is 6.11 Å². The van der Waals surface area contributed by atoms with Gasteiger partial charge in [-0.15, -0.1) is 0 Å².